The molecule has 1 saturated heterocycles. The highest BCUT2D eigenvalue weighted by atomic mass is 16.5. The minimum absolute atomic E-state index is 0.0305. The number of likely N-dealkylation sites (N-methyl/N-ethyl adjacent to an activating group) is 1. The van der Waals surface area contributed by atoms with Crippen molar-refractivity contribution in [2.75, 3.05) is 26.2 Å². The van der Waals surface area contributed by atoms with Gasteiger partial charge in [0.25, 0.3) is 11.7 Å². The van der Waals surface area contributed by atoms with E-state index in [-0.39, 0.29) is 11.3 Å². The lowest BCUT2D eigenvalue weighted by Gasteiger charge is -2.26. The lowest BCUT2D eigenvalue weighted by atomic mass is 9.99. The number of aliphatic hydroxyl groups excluding tert-OH is 1. The standard InChI is InChI=1S/C29H32N2O5/c1-4-30(5-2)15-16-31-26(24-10-7-17-35-24)25(28(33)29(31)34)27(32)22-11-13-23(14-12-22)36-19-21-9-6-8-20(3)18-21/h6-14,17-18,26,32H,4-5,15-16,19H2,1-3H3/b27-25+/t26-/m1/s1. The Bertz CT molecular complexity index is 1230. The van der Waals surface area contributed by atoms with Crippen LogP contribution in [0.5, 0.6) is 5.75 Å². The Morgan fingerprint density at radius 1 is 1.06 bits per heavy atom. The van der Waals surface area contributed by atoms with Gasteiger partial charge in [0.2, 0.25) is 0 Å². The predicted octanol–water partition coefficient (Wildman–Crippen LogP) is 4.93. The molecule has 1 aromatic heterocycles. The molecule has 7 nitrogen and oxygen atoms in total. The fraction of sp³-hybridized carbons (Fsp3) is 0.310. The summed E-state index contributed by atoms with van der Waals surface area (Å²) in [7, 11) is 0. The van der Waals surface area contributed by atoms with E-state index in [1.165, 1.54) is 11.2 Å². The van der Waals surface area contributed by atoms with E-state index in [9.17, 15) is 14.7 Å². The molecule has 0 bridgehead atoms. The van der Waals surface area contributed by atoms with Crippen LogP contribution in [0, 0.1) is 6.92 Å². The Morgan fingerprint density at radius 2 is 1.81 bits per heavy atom. The number of nitrogens with zero attached hydrogens (tertiary/aromatic N) is 2. The van der Waals surface area contributed by atoms with Crippen molar-refractivity contribution in [3.63, 3.8) is 0 Å². The molecular weight excluding hydrogens is 456 g/mol. The number of ether oxygens (including phenoxy) is 1. The quantitative estimate of drug-likeness (QED) is 0.248. The Labute approximate surface area is 211 Å². The second-order valence-corrected chi connectivity index (χ2v) is 8.84. The molecule has 2 aromatic carbocycles. The summed E-state index contributed by atoms with van der Waals surface area (Å²) < 4.78 is 11.5. The Balaban J connectivity index is 1.59. The minimum Gasteiger partial charge on any atom is -0.507 e. The van der Waals surface area contributed by atoms with E-state index in [1.54, 1.807) is 36.4 Å². The molecule has 2 heterocycles. The van der Waals surface area contributed by atoms with Crippen LogP contribution in [0.4, 0.5) is 0 Å². The van der Waals surface area contributed by atoms with E-state index in [0.29, 0.717) is 36.8 Å². The molecule has 188 valence electrons. The highest BCUT2D eigenvalue weighted by molar-refractivity contribution is 6.46. The van der Waals surface area contributed by atoms with Crippen molar-refractivity contribution in [3.8, 4) is 5.75 Å². The van der Waals surface area contributed by atoms with Crippen LogP contribution in [-0.4, -0.2) is 52.8 Å². The van der Waals surface area contributed by atoms with Gasteiger partial charge in [-0.05, 0) is 62.0 Å². The first-order valence-corrected chi connectivity index (χ1v) is 12.3. The van der Waals surface area contributed by atoms with Gasteiger partial charge in [-0.25, -0.2) is 0 Å². The molecule has 36 heavy (non-hydrogen) atoms. The van der Waals surface area contributed by atoms with Crippen LogP contribution < -0.4 is 4.74 Å². The highest BCUT2D eigenvalue weighted by Crippen LogP contribution is 2.39. The molecule has 0 spiro atoms. The van der Waals surface area contributed by atoms with E-state index in [1.807, 2.05) is 25.1 Å². The van der Waals surface area contributed by atoms with Crippen molar-refractivity contribution in [1.29, 1.82) is 0 Å². The summed E-state index contributed by atoms with van der Waals surface area (Å²) in [6.45, 7) is 9.19. The molecule has 1 fully saturated rings. The Hall–Kier alpha value is -3.84. The van der Waals surface area contributed by atoms with Crippen molar-refractivity contribution in [3.05, 3.63) is 95.0 Å². The number of aliphatic hydroxyl groups is 1. The van der Waals surface area contributed by atoms with Crippen LogP contribution in [0.15, 0.2) is 76.9 Å². The van der Waals surface area contributed by atoms with E-state index in [0.717, 1.165) is 24.2 Å². The molecule has 0 radical (unpaired) electrons. The topological polar surface area (TPSA) is 83.2 Å². The fourth-order valence-corrected chi connectivity index (χ4v) is 4.48. The van der Waals surface area contributed by atoms with Gasteiger partial charge in [-0.2, -0.15) is 0 Å². The zero-order valence-electron chi connectivity index (χ0n) is 20.9. The molecule has 3 aromatic rings. The number of furan rings is 1. The van der Waals surface area contributed by atoms with Gasteiger partial charge < -0.3 is 24.1 Å². The average Bonchev–Trinajstić information content (AvgIpc) is 3.50. The second kappa shape index (κ2) is 11.3. The number of hydrogen-bond donors (Lipinski definition) is 1. The molecule has 1 atom stereocenters. The van der Waals surface area contributed by atoms with Crippen LogP contribution in [0.1, 0.15) is 42.3 Å². The monoisotopic (exact) mass is 488 g/mol. The fourth-order valence-electron chi connectivity index (χ4n) is 4.48. The molecule has 0 saturated carbocycles. The summed E-state index contributed by atoms with van der Waals surface area (Å²) in [5.41, 5.74) is 2.68. The van der Waals surface area contributed by atoms with Gasteiger partial charge in [0.05, 0.1) is 11.8 Å². The summed E-state index contributed by atoms with van der Waals surface area (Å²) in [6, 6.07) is 17.6. The smallest absolute Gasteiger partial charge is 0.295 e. The van der Waals surface area contributed by atoms with Crippen LogP contribution >= 0.6 is 0 Å². The third-order valence-corrected chi connectivity index (χ3v) is 6.52. The first-order chi connectivity index (χ1) is 17.4. The Kier molecular flexibility index (Phi) is 7.90. The second-order valence-electron chi connectivity index (χ2n) is 8.84. The third kappa shape index (κ3) is 5.36. The molecule has 1 aliphatic heterocycles. The number of amides is 1. The number of ketones is 1. The maximum absolute atomic E-state index is 13.1. The summed E-state index contributed by atoms with van der Waals surface area (Å²) >= 11 is 0. The minimum atomic E-state index is -0.784. The van der Waals surface area contributed by atoms with E-state index in [2.05, 4.69) is 24.8 Å². The van der Waals surface area contributed by atoms with Gasteiger partial charge in [-0.15, -0.1) is 0 Å². The van der Waals surface area contributed by atoms with Crippen molar-refractivity contribution >= 4 is 17.4 Å². The van der Waals surface area contributed by atoms with Crippen LogP contribution in [0.25, 0.3) is 5.76 Å². The van der Waals surface area contributed by atoms with E-state index < -0.39 is 17.7 Å². The van der Waals surface area contributed by atoms with Crippen molar-refractivity contribution in [1.82, 2.24) is 9.80 Å². The van der Waals surface area contributed by atoms with Gasteiger partial charge >= 0.3 is 0 Å². The number of Topliss-reactive ketones (excluding diaryl/α,β-unsaturated/α-hetero) is 1. The lowest BCUT2D eigenvalue weighted by Crippen LogP contribution is -2.37. The van der Waals surface area contributed by atoms with Gasteiger partial charge in [0.1, 0.15) is 29.9 Å². The van der Waals surface area contributed by atoms with Gasteiger partial charge in [-0.1, -0.05) is 43.7 Å². The highest BCUT2D eigenvalue weighted by Gasteiger charge is 2.47. The molecule has 1 amide bonds. The number of carbonyl (C=O) groups is 2. The number of rotatable bonds is 10. The van der Waals surface area contributed by atoms with Crippen molar-refractivity contribution < 1.29 is 23.8 Å². The lowest BCUT2D eigenvalue weighted by molar-refractivity contribution is -0.140. The number of likely N-dealkylation sites (tertiary alicyclic amines) is 1. The number of benzene rings is 2. The van der Waals surface area contributed by atoms with Crippen LogP contribution in [0.3, 0.4) is 0 Å². The summed E-state index contributed by atoms with van der Waals surface area (Å²) in [5, 5.41) is 11.2. The SMILES string of the molecule is CCN(CC)CCN1C(=O)C(=O)/C(=C(/O)c2ccc(OCc3cccc(C)c3)cc2)[C@H]1c1ccco1. The number of aryl methyl sites for hydroxylation is 1. The van der Waals surface area contributed by atoms with E-state index in [4.69, 9.17) is 9.15 Å². The molecule has 7 heteroatoms. The van der Waals surface area contributed by atoms with Gasteiger partial charge in [0, 0.05) is 18.7 Å². The largest absolute Gasteiger partial charge is 0.507 e. The van der Waals surface area contributed by atoms with Crippen molar-refractivity contribution in [2.24, 2.45) is 0 Å². The molecule has 1 N–H and O–H groups in total. The summed E-state index contributed by atoms with van der Waals surface area (Å²) in [6.07, 6.45) is 1.50. The summed E-state index contributed by atoms with van der Waals surface area (Å²) in [5.74, 6) is -0.509. The first-order valence-electron chi connectivity index (χ1n) is 12.3. The molecule has 1 aliphatic rings. The number of hydrogen-bond acceptors (Lipinski definition) is 6. The van der Waals surface area contributed by atoms with Gasteiger partial charge in [0.15, 0.2) is 0 Å². The maximum Gasteiger partial charge on any atom is 0.295 e. The van der Waals surface area contributed by atoms with Crippen LogP contribution in [-0.2, 0) is 16.2 Å². The van der Waals surface area contributed by atoms with E-state index >= 15 is 0 Å². The molecule has 0 aliphatic carbocycles. The normalized spacial score (nSPS) is 17.2. The first kappa shape index (κ1) is 25.3. The van der Waals surface area contributed by atoms with Crippen molar-refractivity contribution in [2.45, 2.75) is 33.4 Å². The zero-order valence-corrected chi connectivity index (χ0v) is 20.9. The number of carbonyl (C=O) groups excluding carboxylic acids is 2. The molecule has 0 unspecified atom stereocenters. The Morgan fingerprint density at radius 3 is 2.44 bits per heavy atom. The van der Waals surface area contributed by atoms with Gasteiger partial charge in [-0.3, -0.25) is 9.59 Å². The molecule has 4 rings (SSSR count). The maximum atomic E-state index is 13.1. The summed E-state index contributed by atoms with van der Waals surface area (Å²) in [4.78, 5) is 29.7. The average molecular weight is 489 g/mol. The zero-order chi connectivity index (χ0) is 25.7. The molecular formula is C29H32N2O5. The predicted molar refractivity (Wildman–Crippen MR) is 137 cm³/mol. The van der Waals surface area contributed by atoms with Crippen LogP contribution in [0.2, 0.25) is 0 Å². The third-order valence-electron chi connectivity index (χ3n) is 6.52.